The summed E-state index contributed by atoms with van der Waals surface area (Å²) in [6.07, 6.45) is 4.77. The Morgan fingerprint density at radius 1 is 1.22 bits per heavy atom. The van der Waals surface area contributed by atoms with Gasteiger partial charge < -0.3 is 0 Å². The van der Waals surface area contributed by atoms with Crippen LogP contribution in [-0.2, 0) is 6.42 Å². The van der Waals surface area contributed by atoms with E-state index in [1.54, 1.807) is 0 Å². The van der Waals surface area contributed by atoms with Crippen LogP contribution < -0.4 is 0 Å². The van der Waals surface area contributed by atoms with Crippen LogP contribution in [0.15, 0.2) is 24.3 Å². The molecule has 2 rings (SSSR count). The van der Waals surface area contributed by atoms with Crippen LogP contribution in [0.5, 0.6) is 0 Å². The van der Waals surface area contributed by atoms with E-state index in [0.717, 1.165) is 24.9 Å². The number of ketones is 1. The second-order valence-corrected chi connectivity index (χ2v) is 5.16. The van der Waals surface area contributed by atoms with Crippen molar-refractivity contribution >= 4 is 5.78 Å². The van der Waals surface area contributed by atoms with E-state index in [1.165, 1.54) is 18.4 Å². The minimum absolute atomic E-state index is 0.256. The number of rotatable bonds is 7. The molecular formula is C16H23NO. The number of Topliss-reactive ketones (excluding diaryl/α,β-unsaturated/α-hetero) is 1. The van der Waals surface area contributed by atoms with Crippen LogP contribution in [0.4, 0.5) is 0 Å². The summed E-state index contributed by atoms with van der Waals surface area (Å²) >= 11 is 0. The molecule has 0 radical (unpaired) electrons. The molecule has 0 bridgehead atoms. The summed E-state index contributed by atoms with van der Waals surface area (Å²) in [5.74, 6) is 0.256. The van der Waals surface area contributed by atoms with E-state index in [4.69, 9.17) is 0 Å². The Labute approximate surface area is 110 Å². The summed E-state index contributed by atoms with van der Waals surface area (Å²) in [5, 5.41) is 0. The molecule has 1 fully saturated rings. The zero-order chi connectivity index (χ0) is 13.0. The van der Waals surface area contributed by atoms with Gasteiger partial charge in [0.05, 0.1) is 6.54 Å². The van der Waals surface area contributed by atoms with Crippen molar-refractivity contribution in [2.75, 3.05) is 13.1 Å². The van der Waals surface area contributed by atoms with Gasteiger partial charge in [-0.1, -0.05) is 44.5 Å². The third-order valence-corrected chi connectivity index (χ3v) is 3.63. The highest BCUT2D eigenvalue weighted by atomic mass is 16.1. The van der Waals surface area contributed by atoms with E-state index in [0.29, 0.717) is 12.6 Å². The maximum atomic E-state index is 12.2. The number of hydrogen-bond donors (Lipinski definition) is 0. The molecule has 0 saturated heterocycles. The van der Waals surface area contributed by atoms with Gasteiger partial charge in [-0.3, -0.25) is 9.69 Å². The zero-order valence-electron chi connectivity index (χ0n) is 11.5. The third kappa shape index (κ3) is 3.42. The highest BCUT2D eigenvalue weighted by Crippen LogP contribution is 2.26. The number of hydrogen-bond acceptors (Lipinski definition) is 2. The van der Waals surface area contributed by atoms with E-state index in [9.17, 15) is 4.79 Å². The van der Waals surface area contributed by atoms with E-state index in [1.807, 2.05) is 12.1 Å². The normalized spacial score (nSPS) is 15.1. The van der Waals surface area contributed by atoms with Gasteiger partial charge in [0, 0.05) is 11.6 Å². The lowest BCUT2D eigenvalue weighted by Crippen LogP contribution is -2.31. The molecule has 2 nitrogen and oxygen atoms in total. The largest absolute Gasteiger partial charge is 0.293 e. The van der Waals surface area contributed by atoms with Gasteiger partial charge in [-0.25, -0.2) is 0 Å². The minimum atomic E-state index is 0.256. The first-order chi connectivity index (χ1) is 8.74. The minimum Gasteiger partial charge on any atom is -0.293 e. The molecular weight excluding hydrogens is 222 g/mol. The van der Waals surface area contributed by atoms with Gasteiger partial charge in [-0.05, 0) is 31.4 Å². The van der Waals surface area contributed by atoms with Crippen molar-refractivity contribution in [2.24, 2.45) is 0 Å². The number of carbonyl (C=O) groups excluding carboxylic acids is 1. The molecule has 0 N–H and O–H groups in total. The predicted octanol–water partition coefficient (Wildman–Crippen LogP) is 3.31. The molecule has 0 aromatic heterocycles. The Morgan fingerprint density at radius 2 is 1.89 bits per heavy atom. The molecule has 0 spiro atoms. The van der Waals surface area contributed by atoms with Crippen molar-refractivity contribution in [1.82, 2.24) is 4.90 Å². The molecule has 1 aliphatic rings. The molecule has 98 valence electrons. The first-order valence-electron chi connectivity index (χ1n) is 7.10. The number of benzene rings is 1. The van der Waals surface area contributed by atoms with Gasteiger partial charge in [-0.15, -0.1) is 0 Å². The lowest BCUT2D eigenvalue weighted by molar-refractivity contribution is 0.0928. The van der Waals surface area contributed by atoms with Crippen LogP contribution in [0.25, 0.3) is 0 Å². The van der Waals surface area contributed by atoms with Crippen molar-refractivity contribution in [3.8, 4) is 0 Å². The van der Waals surface area contributed by atoms with Gasteiger partial charge in [0.1, 0.15) is 0 Å². The van der Waals surface area contributed by atoms with Gasteiger partial charge in [0.15, 0.2) is 5.78 Å². The standard InChI is InChI=1S/C16H23NO/c1-3-5-13-6-8-14(9-7-13)16(18)12-17(4-2)15-10-11-15/h6-9,15H,3-5,10-12H2,1-2H3. The smallest absolute Gasteiger partial charge is 0.176 e. The van der Waals surface area contributed by atoms with Crippen LogP contribution in [0, 0.1) is 0 Å². The Balaban J connectivity index is 1.95. The quantitative estimate of drug-likeness (QED) is 0.687. The molecule has 0 atom stereocenters. The third-order valence-electron chi connectivity index (χ3n) is 3.63. The Kier molecular flexibility index (Phi) is 4.54. The maximum absolute atomic E-state index is 12.2. The molecule has 2 heteroatoms. The molecule has 0 amide bonds. The fourth-order valence-electron chi connectivity index (χ4n) is 2.36. The summed E-state index contributed by atoms with van der Waals surface area (Å²) in [6.45, 7) is 5.86. The molecule has 18 heavy (non-hydrogen) atoms. The molecule has 1 aromatic rings. The Bertz CT molecular complexity index is 392. The second kappa shape index (κ2) is 6.14. The van der Waals surface area contributed by atoms with Gasteiger partial charge in [0.2, 0.25) is 0 Å². The molecule has 0 aliphatic heterocycles. The van der Waals surface area contributed by atoms with Crippen LogP contribution in [0.2, 0.25) is 0 Å². The average Bonchev–Trinajstić information content (AvgIpc) is 3.21. The fourth-order valence-corrected chi connectivity index (χ4v) is 2.36. The van der Waals surface area contributed by atoms with Crippen LogP contribution in [0.1, 0.15) is 49.0 Å². The Morgan fingerprint density at radius 3 is 2.39 bits per heavy atom. The number of carbonyl (C=O) groups is 1. The van der Waals surface area contributed by atoms with Gasteiger partial charge in [-0.2, -0.15) is 0 Å². The van der Waals surface area contributed by atoms with Gasteiger partial charge in [0.25, 0.3) is 0 Å². The second-order valence-electron chi connectivity index (χ2n) is 5.16. The van der Waals surface area contributed by atoms with Crippen molar-refractivity contribution < 1.29 is 4.79 Å². The van der Waals surface area contributed by atoms with E-state index < -0.39 is 0 Å². The van der Waals surface area contributed by atoms with Gasteiger partial charge >= 0.3 is 0 Å². The number of nitrogens with zero attached hydrogens (tertiary/aromatic N) is 1. The average molecular weight is 245 g/mol. The molecule has 0 unspecified atom stereocenters. The zero-order valence-corrected chi connectivity index (χ0v) is 11.5. The van der Waals surface area contributed by atoms with Crippen molar-refractivity contribution in [1.29, 1.82) is 0 Å². The molecule has 1 aliphatic carbocycles. The highest BCUT2D eigenvalue weighted by molar-refractivity contribution is 5.97. The van der Waals surface area contributed by atoms with E-state index in [-0.39, 0.29) is 5.78 Å². The van der Waals surface area contributed by atoms with Crippen molar-refractivity contribution in [3.05, 3.63) is 35.4 Å². The molecule has 0 heterocycles. The van der Waals surface area contributed by atoms with E-state index >= 15 is 0 Å². The lowest BCUT2D eigenvalue weighted by Gasteiger charge is -2.18. The SMILES string of the molecule is CCCc1ccc(C(=O)CN(CC)C2CC2)cc1. The van der Waals surface area contributed by atoms with Crippen molar-refractivity contribution in [3.63, 3.8) is 0 Å². The number of aryl methyl sites for hydroxylation is 1. The summed E-state index contributed by atoms with van der Waals surface area (Å²) in [7, 11) is 0. The molecule has 1 saturated carbocycles. The highest BCUT2D eigenvalue weighted by Gasteiger charge is 2.29. The lowest BCUT2D eigenvalue weighted by atomic mass is 10.1. The summed E-state index contributed by atoms with van der Waals surface area (Å²) in [6, 6.07) is 8.80. The van der Waals surface area contributed by atoms with E-state index in [2.05, 4.69) is 30.9 Å². The first-order valence-corrected chi connectivity index (χ1v) is 7.10. The summed E-state index contributed by atoms with van der Waals surface area (Å²) in [4.78, 5) is 14.5. The Hall–Kier alpha value is -1.15. The number of likely N-dealkylation sites (N-methyl/N-ethyl adjacent to an activating group) is 1. The first kappa shape index (κ1) is 13.3. The predicted molar refractivity (Wildman–Crippen MR) is 75.0 cm³/mol. The fraction of sp³-hybridized carbons (Fsp3) is 0.562. The molecule has 1 aromatic carbocycles. The van der Waals surface area contributed by atoms with Crippen LogP contribution >= 0.6 is 0 Å². The monoisotopic (exact) mass is 245 g/mol. The summed E-state index contributed by atoms with van der Waals surface area (Å²) in [5.41, 5.74) is 2.18. The summed E-state index contributed by atoms with van der Waals surface area (Å²) < 4.78 is 0. The van der Waals surface area contributed by atoms with Crippen LogP contribution in [0.3, 0.4) is 0 Å². The van der Waals surface area contributed by atoms with Crippen LogP contribution in [-0.4, -0.2) is 29.8 Å². The van der Waals surface area contributed by atoms with Crippen molar-refractivity contribution in [2.45, 2.75) is 45.6 Å². The maximum Gasteiger partial charge on any atom is 0.176 e. The topological polar surface area (TPSA) is 20.3 Å².